The van der Waals surface area contributed by atoms with Gasteiger partial charge in [-0.1, -0.05) is 0 Å². The van der Waals surface area contributed by atoms with Crippen molar-refractivity contribution < 1.29 is 47.4 Å². The summed E-state index contributed by atoms with van der Waals surface area (Å²) < 4.78 is 44.6. The van der Waals surface area contributed by atoms with E-state index in [0.717, 1.165) is 0 Å². The van der Waals surface area contributed by atoms with Crippen molar-refractivity contribution in [2.24, 2.45) is 0 Å². The molecule has 0 spiro atoms. The van der Waals surface area contributed by atoms with Gasteiger partial charge in [0.15, 0.2) is 23.5 Å². The van der Waals surface area contributed by atoms with Crippen molar-refractivity contribution in [1.29, 1.82) is 0 Å². The number of hydrogen-bond acceptors (Lipinski definition) is 12. The van der Waals surface area contributed by atoms with Crippen molar-refractivity contribution in [3.05, 3.63) is 12.7 Å². The molecule has 8 atom stereocenters. The molecule has 2 aromatic rings. The van der Waals surface area contributed by atoms with Crippen LogP contribution in [0.2, 0.25) is 0 Å². The van der Waals surface area contributed by atoms with Crippen LogP contribution in [0.4, 0.5) is 5.82 Å². The van der Waals surface area contributed by atoms with Gasteiger partial charge in [-0.2, -0.15) is 0 Å². The quantitative estimate of drug-likeness (QED) is 0.246. The normalized spacial score (nSPS) is 35.2. The molecule has 2 fully saturated rings. The van der Waals surface area contributed by atoms with Crippen LogP contribution >= 0.6 is 15.4 Å². The number of epoxide rings is 1. The minimum absolute atomic E-state index is 0.104. The number of rotatable bonds is 7. The van der Waals surface area contributed by atoms with Crippen molar-refractivity contribution in [3.8, 4) is 0 Å². The van der Waals surface area contributed by atoms with Gasteiger partial charge in [-0.3, -0.25) is 13.7 Å². The second-order valence-corrected chi connectivity index (χ2v) is 10.3. The summed E-state index contributed by atoms with van der Waals surface area (Å²) in [4.78, 5) is 31.3. The molecule has 0 radical (unpaired) electrons. The van der Waals surface area contributed by atoms with Crippen molar-refractivity contribution >= 4 is 32.4 Å². The first kappa shape index (κ1) is 21.7. The molecule has 0 bridgehead atoms. The largest absolute Gasteiger partial charge is 0.479 e. The molecule has 6 N–H and O–H groups in total. The number of hydrogen-bond donors (Lipinski definition) is 5. The van der Waals surface area contributed by atoms with Crippen LogP contribution < -0.4 is 5.73 Å². The molecule has 2 saturated heterocycles. The van der Waals surface area contributed by atoms with Crippen LogP contribution in [-0.2, 0) is 27.4 Å². The monoisotopic (exact) mass is 467 g/mol. The minimum Gasteiger partial charge on any atom is -0.387 e. The summed E-state index contributed by atoms with van der Waals surface area (Å²) in [6.07, 6.45) is -3.59. The Balaban J connectivity index is 1.44. The van der Waals surface area contributed by atoms with E-state index in [2.05, 4.69) is 23.8 Å². The number of nitrogen functional groups attached to an aromatic ring is 1. The Bertz CT molecular complexity index is 1050. The number of phosphoric ester groups is 1. The highest BCUT2D eigenvalue weighted by molar-refractivity contribution is 7.64. The summed E-state index contributed by atoms with van der Waals surface area (Å²) in [7, 11) is -9.56. The first-order valence-corrected chi connectivity index (χ1v) is 11.8. The molecular weight excluding hydrogens is 448 g/mol. The molecule has 2 unspecified atom stereocenters. The number of imidazole rings is 1. The van der Waals surface area contributed by atoms with Crippen molar-refractivity contribution in [1.82, 2.24) is 19.5 Å². The second kappa shape index (κ2) is 7.57. The van der Waals surface area contributed by atoms with Crippen LogP contribution in [0.3, 0.4) is 0 Å². The summed E-state index contributed by atoms with van der Waals surface area (Å²) in [6, 6.07) is 0. The minimum atomic E-state index is -5.00. The highest BCUT2D eigenvalue weighted by atomic mass is 31.3. The van der Waals surface area contributed by atoms with E-state index in [-0.39, 0.29) is 17.0 Å². The Labute approximate surface area is 168 Å². The molecule has 2 aromatic heterocycles. The number of nitrogens with two attached hydrogens (primary N) is 1. The van der Waals surface area contributed by atoms with Crippen LogP contribution in [0.5, 0.6) is 0 Å². The number of nitrogens with zero attached hydrogens (tertiary/aromatic N) is 4. The van der Waals surface area contributed by atoms with Gasteiger partial charge < -0.3 is 35.2 Å². The maximum Gasteiger partial charge on any atom is 0.479 e. The summed E-state index contributed by atoms with van der Waals surface area (Å²) in [6.45, 7) is 0.760. The fourth-order valence-electron chi connectivity index (χ4n) is 3.06. The van der Waals surface area contributed by atoms with Gasteiger partial charge in [0, 0.05) is 0 Å². The third-order valence-corrected chi connectivity index (χ3v) is 8.04. The molecule has 15 nitrogen and oxygen atoms in total. The smallest absolute Gasteiger partial charge is 0.387 e. The van der Waals surface area contributed by atoms with Crippen LogP contribution in [0, 0.1) is 0 Å². The van der Waals surface area contributed by atoms with Crippen molar-refractivity contribution in [2.45, 2.75) is 43.4 Å². The molecule has 0 amide bonds. The van der Waals surface area contributed by atoms with E-state index in [9.17, 15) is 29.1 Å². The van der Waals surface area contributed by atoms with E-state index in [0.29, 0.717) is 0 Å². The first-order valence-electron chi connectivity index (χ1n) is 8.61. The van der Waals surface area contributed by atoms with Crippen LogP contribution in [0.15, 0.2) is 12.7 Å². The predicted molar refractivity (Wildman–Crippen MR) is 96.7 cm³/mol. The molecule has 30 heavy (non-hydrogen) atoms. The molecule has 0 aliphatic carbocycles. The Morgan fingerprint density at radius 1 is 1.20 bits per heavy atom. The number of aliphatic hydroxyl groups is 2. The van der Waals surface area contributed by atoms with E-state index < -0.39 is 58.5 Å². The lowest BCUT2D eigenvalue weighted by atomic mass is 10.1. The highest BCUT2D eigenvalue weighted by Gasteiger charge is 2.54. The Morgan fingerprint density at radius 3 is 2.57 bits per heavy atom. The molecule has 2 aliphatic heterocycles. The van der Waals surface area contributed by atoms with Gasteiger partial charge in [-0.25, -0.2) is 23.8 Å². The number of fused-ring (bicyclic) bond motifs is 1. The van der Waals surface area contributed by atoms with Gasteiger partial charge in [0.1, 0.15) is 30.2 Å². The third-order valence-electron chi connectivity index (χ3n) is 4.62. The van der Waals surface area contributed by atoms with Gasteiger partial charge in [-0.15, -0.1) is 0 Å². The second-order valence-electron chi connectivity index (χ2n) is 6.77. The molecule has 4 heterocycles. The van der Waals surface area contributed by atoms with Gasteiger partial charge in [-0.05, 0) is 6.92 Å². The van der Waals surface area contributed by atoms with E-state index >= 15 is 0 Å². The topological polar surface area (TPSA) is 225 Å². The molecular formula is C13H19N5O10P2. The average Bonchev–Trinajstić information content (AvgIpc) is 3.15. The summed E-state index contributed by atoms with van der Waals surface area (Å²) >= 11 is 0. The Morgan fingerprint density at radius 2 is 1.90 bits per heavy atom. The summed E-state index contributed by atoms with van der Waals surface area (Å²) in [5, 5.41) is 20.6. The van der Waals surface area contributed by atoms with E-state index in [1.807, 2.05) is 0 Å². The van der Waals surface area contributed by atoms with Crippen molar-refractivity contribution in [2.75, 3.05) is 12.3 Å². The van der Waals surface area contributed by atoms with Gasteiger partial charge in [0.25, 0.3) is 0 Å². The lowest BCUT2D eigenvalue weighted by Gasteiger charge is -2.19. The zero-order valence-electron chi connectivity index (χ0n) is 15.3. The van der Waals surface area contributed by atoms with Crippen molar-refractivity contribution in [3.63, 3.8) is 0 Å². The Hall–Kier alpha value is -1.51. The van der Waals surface area contributed by atoms with E-state index in [1.54, 1.807) is 0 Å². The molecule has 2 aliphatic rings. The predicted octanol–water partition coefficient (Wildman–Crippen LogP) is -0.909. The number of ether oxygens (including phenoxy) is 2. The Kier molecular flexibility index (Phi) is 5.48. The molecule has 0 aromatic carbocycles. The average molecular weight is 467 g/mol. The van der Waals surface area contributed by atoms with Crippen LogP contribution in [0.1, 0.15) is 13.2 Å². The number of phosphoric acid groups is 1. The zero-order valence-corrected chi connectivity index (χ0v) is 17.1. The number of aromatic nitrogens is 4. The van der Waals surface area contributed by atoms with Gasteiger partial charge in [0.05, 0.1) is 19.0 Å². The van der Waals surface area contributed by atoms with Gasteiger partial charge in [0.2, 0.25) is 0 Å². The number of aliphatic hydroxyl groups excluding tert-OH is 2. The molecule has 4 rings (SSSR count). The van der Waals surface area contributed by atoms with Gasteiger partial charge >= 0.3 is 15.4 Å². The lowest BCUT2D eigenvalue weighted by molar-refractivity contribution is -0.0502. The molecule has 0 saturated carbocycles. The van der Waals surface area contributed by atoms with Crippen LogP contribution in [-0.4, -0.2) is 76.4 Å². The van der Waals surface area contributed by atoms with E-state index in [4.69, 9.17) is 15.2 Å². The molecule has 166 valence electrons. The standard InChI is InChI=1S/C13H19N5O10P2/c1-5-13(26-5)29(21,22)28-30(23,24)25-2-6-8(19)9(20)12(27-6)18-4-17-7-10(14)15-3-16-11(7)18/h3-6,8-9,12-13,19-20H,2H2,1H3,(H,21,22)(H,23,24)(H2,14,15,16)/t5-,6-,8+,9+,12-,13+/m0/s1. The summed E-state index contributed by atoms with van der Waals surface area (Å²) in [5.74, 6) is -1.11. The number of anilines is 1. The van der Waals surface area contributed by atoms with E-state index in [1.165, 1.54) is 24.1 Å². The van der Waals surface area contributed by atoms with Crippen LogP contribution in [0.25, 0.3) is 11.2 Å². The lowest BCUT2D eigenvalue weighted by Crippen LogP contribution is -2.33. The zero-order chi connectivity index (χ0) is 21.8. The SMILES string of the molecule is C[C@@H]1O[C@@H]1P(=O)(O)OP(=O)(O)OC[C@@H]1O[C@H](n2cnc3c(N)ncnc32)[C@H](O)[C@@H]1O. The fourth-order valence-corrected chi connectivity index (χ4v) is 6.01. The summed E-state index contributed by atoms with van der Waals surface area (Å²) in [5.41, 5.74) is 6.20. The third kappa shape index (κ3) is 4.01. The maximum atomic E-state index is 12.0. The first-order chi connectivity index (χ1) is 14.0. The fraction of sp³-hybridized carbons (Fsp3) is 0.615. The maximum absolute atomic E-state index is 12.0. The highest BCUT2D eigenvalue weighted by Crippen LogP contribution is 2.66. The molecule has 17 heteroatoms.